The number of nitrogens with zero attached hydrogens (tertiary/aromatic N) is 2. The number of ether oxygens (including phenoxy) is 1. The maximum atomic E-state index is 12.6. The summed E-state index contributed by atoms with van der Waals surface area (Å²) >= 11 is 0. The lowest BCUT2D eigenvalue weighted by molar-refractivity contribution is -0.141. The van der Waals surface area contributed by atoms with Crippen LogP contribution in [0.25, 0.3) is 6.08 Å². The van der Waals surface area contributed by atoms with Crippen LogP contribution < -0.4 is 4.74 Å². The van der Waals surface area contributed by atoms with Crippen molar-refractivity contribution in [2.75, 3.05) is 26.2 Å². The number of alkyl halides is 2. The highest BCUT2D eigenvalue weighted by Gasteiger charge is 2.29. The highest BCUT2D eigenvalue weighted by Crippen LogP contribution is 2.26. The Morgan fingerprint density at radius 3 is 2.18 bits per heavy atom. The van der Waals surface area contributed by atoms with E-state index in [-0.39, 0.29) is 23.5 Å². The first-order chi connectivity index (χ1) is 13.5. The zero-order valence-corrected chi connectivity index (χ0v) is 15.9. The van der Waals surface area contributed by atoms with Crippen LogP contribution in [-0.2, 0) is 9.59 Å². The van der Waals surface area contributed by atoms with Gasteiger partial charge in [0, 0.05) is 38.2 Å². The molecule has 28 heavy (non-hydrogen) atoms. The zero-order chi connectivity index (χ0) is 19.9. The van der Waals surface area contributed by atoms with Gasteiger partial charge >= 0.3 is 6.61 Å². The van der Waals surface area contributed by atoms with Crippen LogP contribution in [0.3, 0.4) is 0 Å². The van der Waals surface area contributed by atoms with E-state index in [0.29, 0.717) is 26.2 Å². The zero-order valence-electron chi connectivity index (χ0n) is 15.9. The molecular weight excluding hydrogens is 366 g/mol. The molecule has 0 N–H and O–H groups in total. The minimum Gasteiger partial charge on any atom is -0.435 e. The number of carbonyl (C=O) groups is 2. The molecule has 1 aromatic carbocycles. The van der Waals surface area contributed by atoms with Gasteiger partial charge in [-0.15, -0.1) is 0 Å². The van der Waals surface area contributed by atoms with E-state index in [9.17, 15) is 18.4 Å². The number of hydrogen-bond acceptors (Lipinski definition) is 3. The average molecular weight is 392 g/mol. The van der Waals surface area contributed by atoms with Crippen molar-refractivity contribution < 1.29 is 23.1 Å². The van der Waals surface area contributed by atoms with E-state index in [4.69, 9.17) is 0 Å². The summed E-state index contributed by atoms with van der Waals surface area (Å²) in [6, 6.07) is 6.10. The fourth-order valence-corrected chi connectivity index (χ4v) is 3.79. The van der Waals surface area contributed by atoms with Crippen molar-refractivity contribution in [3.05, 3.63) is 35.9 Å². The largest absolute Gasteiger partial charge is 0.435 e. The molecule has 3 rings (SSSR count). The predicted octanol–water partition coefficient (Wildman–Crippen LogP) is 3.55. The van der Waals surface area contributed by atoms with Crippen molar-refractivity contribution in [2.24, 2.45) is 5.92 Å². The second-order valence-electron chi connectivity index (χ2n) is 7.27. The lowest BCUT2D eigenvalue weighted by atomic mass is 9.88. The van der Waals surface area contributed by atoms with E-state index in [1.54, 1.807) is 23.1 Å². The molecule has 1 aliphatic carbocycles. The average Bonchev–Trinajstić information content (AvgIpc) is 2.73. The van der Waals surface area contributed by atoms with Gasteiger partial charge in [0.25, 0.3) is 0 Å². The Morgan fingerprint density at radius 1 is 0.964 bits per heavy atom. The molecule has 0 bridgehead atoms. The summed E-state index contributed by atoms with van der Waals surface area (Å²) in [6.45, 7) is -0.638. The Bertz CT molecular complexity index is 692. The van der Waals surface area contributed by atoms with Gasteiger partial charge in [-0.3, -0.25) is 9.59 Å². The van der Waals surface area contributed by atoms with Crippen LogP contribution in [-0.4, -0.2) is 54.4 Å². The summed E-state index contributed by atoms with van der Waals surface area (Å²) in [6.07, 6.45) is 8.59. The van der Waals surface area contributed by atoms with Crippen LogP contribution in [0.4, 0.5) is 8.78 Å². The van der Waals surface area contributed by atoms with Crippen LogP contribution in [0.2, 0.25) is 0 Å². The van der Waals surface area contributed by atoms with E-state index in [2.05, 4.69) is 4.74 Å². The lowest BCUT2D eigenvalue weighted by Gasteiger charge is -2.36. The molecule has 0 aromatic heterocycles. The summed E-state index contributed by atoms with van der Waals surface area (Å²) < 4.78 is 28.6. The van der Waals surface area contributed by atoms with Gasteiger partial charge in [-0.2, -0.15) is 8.78 Å². The molecule has 1 aliphatic heterocycles. The number of carbonyl (C=O) groups excluding carboxylic acids is 2. The Morgan fingerprint density at radius 2 is 1.57 bits per heavy atom. The topological polar surface area (TPSA) is 49.9 Å². The quantitative estimate of drug-likeness (QED) is 0.720. The summed E-state index contributed by atoms with van der Waals surface area (Å²) in [5.74, 6) is 0.372. The van der Waals surface area contributed by atoms with Gasteiger partial charge in [0.05, 0.1) is 0 Å². The molecule has 152 valence electrons. The molecule has 5 nitrogen and oxygen atoms in total. The highest BCUT2D eigenvalue weighted by atomic mass is 19.3. The van der Waals surface area contributed by atoms with Gasteiger partial charge in [-0.25, -0.2) is 0 Å². The molecule has 2 aliphatic rings. The number of benzene rings is 1. The van der Waals surface area contributed by atoms with Crippen molar-refractivity contribution in [1.29, 1.82) is 0 Å². The van der Waals surface area contributed by atoms with Crippen molar-refractivity contribution in [1.82, 2.24) is 9.80 Å². The first kappa shape index (κ1) is 20.3. The van der Waals surface area contributed by atoms with E-state index in [0.717, 1.165) is 31.2 Å². The smallest absolute Gasteiger partial charge is 0.387 e. The molecule has 1 saturated heterocycles. The second kappa shape index (κ2) is 9.66. The minimum absolute atomic E-state index is 0.0808. The Labute approximate surface area is 163 Å². The number of amides is 2. The van der Waals surface area contributed by atoms with Gasteiger partial charge in [0.1, 0.15) is 5.75 Å². The molecule has 0 spiro atoms. The first-order valence-corrected chi connectivity index (χ1v) is 9.83. The lowest BCUT2D eigenvalue weighted by Crippen LogP contribution is -2.51. The van der Waals surface area contributed by atoms with Crippen LogP contribution in [0, 0.1) is 5.92 Å². The van der Waals surface area contributed by atoms with E-state index in [1.807, 2.05) is 4.90 Å². The molecule has 2 amide bonds. The fourth-order valence-electron chi connectivity index (χ4n) is 3.79. The van der Waals surface area contributed by atoms with Gasteiger partial charge in [-0.05, 0) is 36.6 Å². The van der Waals surface area contributed by atoms with Gasteiger partial charge in [0.2, 0.25) is 11.8 Å². The van der Waals surface area contributed by atoms with Crippen molar-refractivity contribution >= 4 is 17.9 Å². The molecule has 7 heteroatoms. The summed E-state index contributed by atoms with van der Waals surface area (Å²) in [7, 11) is 0. The molecule has 1 aromatic rings. The molecule has 1 heterocycles. The number of piperazine rings is 1. The molecule has 2 fully saturated rings. The molecule has 0 radical (unpaired) electrons. The molecule has 0 atom stereocenters. The summed E-state index contributed by atoms with van der Waals surface area (Å²) in [4.78, 5) is 28.6. The fraction of sp³-hybridized carbons (Fsp3) is 0.524. The normalized spacial score (nSPS) is 18.7. The molecular formula is C21H26F2N2O3. The Hall–Kier alpha value is -2.44. The minimum atomic E-state index is -2.85. The van der Waals surface area contributed by atoms with Crippen LogP contribution >= 0.6 is 0 Å². The van der Waals surface area contributed by atoms with Crippen LogP contribution in [0.15, 0.2) is 30.3 Å². The standard InChI is InChI=1S/C21H26F2N2O3/c22-21(23)28-18-9-6-16(7-10-18)8-11-19(26)24-12-14-25(15-13-24)20(27)17-4-2-1-3-5-17/h6-11,17,21H,1-5,12-15H2/b11-8+. The highest BCUT2D eigenvalue weighted by molar-refractivity contribution is 5.92. The Balaban J connectivity index is 1.46. The third-order valence-electron chi connectivity index (χ3n) is 5.38. The first-order valence-electron chi connectivity index (χ1n) is 9.83. The van der Waals surface area contributed by atoms with Crippen LogP contribution in [0.1, 0.15) is 37.7 Å². The molecule has 1 saturated carbocycles. The third kappa shape index (κ3) is 5.53. The predicted molar refractivity (Wildman–Crippen MR) is 102 cm³/mol. The maximum Gasteiger partial charge on any atom is 0.387 e. The number of hydrogen-bond donors (Lipinski definition) is 0. The number of rotatable bonds is 5. The monoisotopic (exact) mass is 392 g/mol. The van der Waals surface area contributed by atoms with Crippen LogP contribution in [0.5, 0.6) is 5.75 Å². The van der Waals surface area contributed by atoms with Gasteiger partial charge in [0.15, 0.2) is 0 Å². The number of halogens is 2. The van der Waals surface area contributed by atoms with E-state index < -0.39 is 6.61 Å². The van der Waals surface area contributed by atoms with Crippen molar-refractivity contribution in [2.45, 2.75) is 38.7 Å². The van der Waals surface area contributed by atoms with Crippen molar-refractivity contribution in [3.63, 3.8) is 0 Å². The van der Waals surface area contributed by atoms with Crippen molar-refractivity contribution in [3.8, 4) is 5.75 Å². The molecule has 0 unspecified atom stereocenters. The van der Waals surface area contributed by atoms with Gasteiger partial charge in [-0.1, -0.05) is 31.4 Å². The van der Waals surface area contributed by atoms with Gasteiger partial charge < -0.3 is 14.5 Å². The summed E-state index contributed by atoms with van der Waals surface area (Å²) in [5.41, 5.74) is 0.723. The second-order valence-corrected chi connectivity index (χ2v) is 7.27. The summed E-state index contributed by atoms with van der Waals surface area (Å²) in [5, 5.41) is 0. The van der Waals surface area contributed by atoms with E-state index >= 15 is 0 Å². The Kier molecular flexibility index (Phi) is 7.01. The SMILES string of the molecule is O=C(/C=C/c1ccc(OC(F)F)cc1)N1CCN(C(=O)C2CCCCC2)CC1. The van der Waals surface area contributed by atoms with E-state index in [1.165, 1.54) is 24.6 Å². The maximum absolute atomic E-state index is 12.6. The third-order valence-corrected chi connectivity index (χ3v) is 5.38.